The molecule has 0 unspecified atom stereocenters. The van der Waals surface area contributed by atoms with Crippen LogP contribution in [0.5, 0.6) is 0 Å². The summed E-state index contributed by atoms with van der Waals surface area (Å²) in [7, 11) is 0. The Morgan fingerprint density at radius 2 is 2.18 bits per heavy atom. The van der Waals surface area contributed by atoms with Crippen molar-refractivity contribution in [3.8, 4) is 0 Å². The first-order valence-corrected chi connectivity index (χ1v) is 7.98. The summed E-state index contributed by atoms with van der Waals surface area (Å²) in [4.78, 5) is 4.77. The molecule has 22 heavy (non-hydrogen) atoms. The molecule has 0 spiro atoms. The zero-order chi connectivity index (χ0) is 15.1. The van der Waals surface area contributed by atoms with Crippen LogP contribution in [0.25, 0.3) is 11.0 Å². The number of nitrogens with zero attached hydrogens (tertiary/aromatic N) is 3. The van der Waals surface area contributed by atoms with Gasteiger partial charge in [0, 0.05) is 32.2 Å². The van der Waals surface area contributed by atoms with Crippen molar-refractivity contribution < 1.29 is 8.91 Å². The van der Waals surface area contributed by atoms with Crippen LogP contribution >= 0.6 is 0 Å². The second-order valence-electron chi connectivity index (χ2n) is 6.42. The lowest BCUT2D eigenvalue weighted by Gasteiger charge is -2.46. The Labute approximate surface area is 128 Å². The SMILES string of the molecule is NC[C@H]1CC[C@H]2CN(c3noc4ccc(F)cc34)CCN2C1. The lowest BCUT2D eigenvalue weighted by atomic mass is 9.91. The standard InChI is InChI=1S/C16H21FN4O/c17-12-2-4-15-14(7-12)16(19-22-15)21-6-5-20-9-11(8-18)1-3-13(20)10-21/h2,4,7,11,13H,1,3,5-6,8-10,18H2/t11-,13+/m1/s1. The molecule has 0 radical (unpaired) electrons. The average molecular weight is 304 g/mol. The molecule has 118 valence electrons. The molecule has 1 aromatic carbocycles. The highest BCUT2D eigenvalue weighted by atomic mass is 19.1. The number of hydrogen-bond acceptors (Lipinski definition) is 5. The van der Waals surface area contributed by atoms with Crippen LogP contribution in [0.2, 0.25) is 0 Å². The molecule has 6 heteroatoms. The molecule has 2 saturated heterocycles. The van der Waals surface area contributed by atoms with Gasteiger partial charge in [-0.3, -0.25) is 4.90 Å². The molecule has 2 fully saturated rings. The number of piperidine rings is 1. The van der Waals surface area contributed by atoms with Crippen LogP contribution in [0.1, 0.15) is 12.8 Å². The number of anilines is 1. The van der Waals surface area contributed by atoms with Crippen molar-refractivity contribution in [1.29, 1.82) is 0 Å². The Balaban J connectivity index is 1.56. The number of piperazine rings is 1. The van der Waals surface area contributed by atoms with Crippen LogP contribution < -0.4 is 10.6 Å². The van der Waals surface area contributed by atoms with E-state index < -0.39 is 0 Å². The van der Waals surface area contributed by atoms with Gasteiger partial charge in [-0.25, -0.2) is 4.39 Å². The molecule has 2 N–H and O–H groups in total. The Kier molecular flexibility index (Phi) is 3.50. The molecule has 1 aromatic heterocycles. The molecule has 2 aliphatic rings. The van der Waals surface area contributed by atoms with Crippen LogP contribution in [-0.4, -0.2) is 48.8 Å². The van der Waals surface area contributed by atoms with Gasteiger partial charge in [0.15, 0.2) is 11.4 Å². The zero-order valence-electron chi connectivity index (χ0n) is 12.5. The lowest BCUT2D eigenvalue weighted by Crippen LogP contribution is -2.57. The molecule has 2 aliphatic heterocycles. The number of halogens is 1. The zero-order valence-corrected chi connectivity index (χ0v) is 12.5. The van der Waals surface area contributed by atoms with Crippen LogP contribution in [0.3, 0.4) is 0 Å². The van der Waals surface area contributed by atoms with Crippen molar-refractivity contribution in [2.45, 2.75) is 18.9 Å². The van der Waals surface area contributed by atoms with Gasteiger partial charge in [-0.2, -0.15) is 0 Å². The predicted octanol–water partition coefficient (Wildman–Crippen LogP) is 1.83. The van der Waals surface area contributed by atoms with E-state index in [2.05, 4.69) is 15.0 Å². The summed E-state index contributed by atoms with van der Waals surface area (Å²) in [6.45, 7) is 4.70. The van der Waals surface area contributed by atoms with E-state index in [0.29, 0.717) is 17.5 Å². The first kappa shape index (κ1) is 14.0. The monoisotopic (exact) mass is 304 g/mol. The van der Waals surface area contributed by atoms with Crippen molar-refractivity contribution in [1.82, 2.24) is 10.1 Å². The molecular weight excluding hydrogens is 283 g/mol. The maximum atomic E-state index is 13.5. The molecule has 0 amide bonds. The molecule has 4 rings (SSSR count). The van der Waals surface area contributed by atoms with E-state index >= 15 is 0 Å². The Bertz CT molecular complexity index is 673. The van der Waals surface area contributed by atoms with E-state index in [4.69, 9.17) is 10.3 Å². The number of nitrogens with two attached hydrogens (primary N) is 1. The summed E-state index contributed by atoms with van der Waals surface area (Å²) in [6.07, 6.45) is 2.36. The fourth-order valence-electron chi connectivity index (χ4n) is 3.77. The van der Waals surface area contributed by atoms with E-state index in [1.807, 2.05) is 0 Å². The highest BCUT2D eigenvalue weighted by Crippen LogP contribution is 2.31. The van der Waals surface area contributed by atoms with Crippen molar-refractivity contribution in [2.75, 3.05) is 37.6 Å². The topological polar surface area (TPSA) is 58.5 Å². The van der Waals surface area contributed by atoms with Crippen molar-refractivity contribution in [3.63, 3.8) is 0 Å². The third-order valence-electron chi connectivity index (χ3n) is 5.05. The maximum Gasteiger partial charge on any atom is 0.180 e. The predicted molar refractivity (Wildman–Crippen MR) is 83.3 cm³/mol. The van der Waals surface area contributed by atoms with Gasteiger partial charge < -0.3 is 15.2 Å². The molecule has 0 saturated carbocycles. The van der Waals surface area contributed by atoms with Gasteiger partial charge in [0.25, 0.3) is 0 Å². The first-order valence-electron chi connectivity index (χ1n) is 7.98. The number of aromatic nitrogens is 1. The number of benzene rings is 1. The smallest absolute Gasteiger partial charge is 0.180 e. The summed E-state index contributed by atoms with van der Waals surface area (Å²) >= 11 is 0. The summed E-state index contributed by atoms with van der Waals surface area (Å²) in [6, 6.07) is 5.10. The minimum atomic E-state index is -0.251. The highest BCUT2D eigenvalue weighted by molar-refractivity contribution is 5.88. The van der Waals surface area contributed by atoms with Crippen molar-refractivity contribution in [3.05, 3.63) is 24.0 Å². The maximum absolute atomic E-state index is 13.5. The van der Waals surface area contributed by atoms with Crippen LogP contribution in [0.4, 0.5) is 10.2 Å². The first-order chi connectivity index (χ1) is 10.7. The third-order valence-corrected chi connectivity index (χ3v) is 5.05. The molecule has 2 aromatic rings. The summed E-state index contributed by atoms with van der Waals surface area (Å²) in [5.41, 5.74) is 6.46. The van der Waals surface area contributed by atoms with Gasteiger partial charge in [0.05, 0.1) is 5.39 Å². The molecule has 3 heterocycles. The Hall–Kier alpha value is -1.66. The number of rotatable bonds is 2. The minimum absolute atomic E-state index is 0.251. The van der Waals surface area contributed by atoms with Crippen LogP contribution in [0.15, 0.2) is 22.7 Å². The molecule has 0 bridgehead atoms. The van der Waals surface area contributed by atoms with E-state index in [9.17, 15) is 4.39 Å². The van der Waals surface area contributed by atoms with Crippen LogP contribution in [-0.2, 0) is 0 Å². The number of fused-ring (bicyclic) bond motifs is 2. The Morgan fingerprint density at radius 3 is 3.05 bits per heavy atom. The fraction of sp³-hybridized carbons (Fsp3) is 0.562. The van der Waals surface area contributed by atoms with Gasteiger partial charge in [-0.05, 0) is 43.5 Å². The minimum Gasteiger partial charge on any atom is -0.354 e. The van der Waals surface area contributed by atoms with E-state index in [0.717, 1.165) is 43.9 Å². The summed E-state index contributed by atoms with van der Waals surface area (Å²) < 4.78 is 18.8. The van der Waals surface area contributed by atoms with Gasteiger partial charge >= 0.3 is 0 Å². The van der Waals surface area contributed by atoms with Gasteiger partial charge in [-0.15, -0.1) is 0 Å². The normalized spacial score (nSPS) is 26.4. The van der Waals surface area contributed by atoms with E-state index in [1.165, 1.54) is 25.0 Å². The summed E-state index contributed by atoms with van der Waals surface area (Å²) in [5, 5.41) is 4.94. The second kappa shape index (κ2) is 5.52. The van der Waals surface area contributed by atoms with Gasteiger partial charge in [0.1, 0.15) is 5.82 Å². The van der Waals surface area contributed by atoms with Crippen molar-refractivity contribution >= 4 is 16.8 Å². The van der Waals surface area contributed by atoms with Gasteiger partial charge in [-0.1, -0.05) is 5.16 Å². The fourth-order valence-corrected chi connectivity index (χ4v) is 3.77. The average Bonchev–Trinajstić information content (AvgIpc) is 2.96. The Morgan fingerprint density at radius 1 is 1.27 bits per heavy atom. The molecule has 5 nitrogen and oxygen atoms in total. The van der Waals surface area contributed by atoms with Crippen molar-refractivity contribution in [2.24, 2.45) is 11.7 Å². The largest absolute Gasteiger partial charge is 0.354 e. The van der Waals surface area contributed by atoms with Gasteiger partial charge in [0.2, 0.25) is 0 Å². The highest BCUT2D eigenvalue weighted by Gasteiger charge is 2.33. The van der Waals surface area contributed by atoms with E-state index in [1.54, 1.807) is 6.07 Å². The quantitative estimate of drug-likeness (QED) is 0.917. The second-order valence-corrected chi connectivity index (χ2v) is 6.42. The van der Waals surface area contributed by atoms with E-state index in [-0.39, 0.29) is 5.82 Å². The summed E-state index contributed by atoms with van der Waals surface area (Å²) in [5.74, 6) is 1.15. The van der Waals surface area contributed by atoms with Crippen LogP contribution in [0, 0.1) is 11.7 Å². The molecular formula is C16H21FN4O. The third kappa shape index (κ3) is 2.36. The molecule has 2 atom stereocenters. The molecule has 0 aliphatic carbocycles. The number of hydrogen-bond donors (Lipinski definition) is 1. The lowest BCUT2D eigenvalue weighted by molar-refractivity contribution is 0.0981.